The molecule has 1 N–H and O–H groups in total. The minimum absolute atomic E-state index is 0.0485. The highest BCUT2D eigenvalue weighted by Crippen LogP contribution is 2.22. The van der Waals surface area contributed by atoms with Crippen LogP contribution in [0.5, 0.6) is 0 Å². The van der Waals surface area contributed by atoms with Gasteiger partial charge in [0.2, 0.25) is 5.91 Å². The first-order valence-corrected chi connectivity index (χ1v) is 7.19. The number of thioether (sulfide) groups is 1. The second-order valence-corrected chi connectivity index (χ2v) is 5.22. The Bertz CT molecular complexity index is 540. The Morgan fingerprint density at radius 2 is 2.30 bits per heavy atom. The molecule has 0 fully saturated rings. The molecule has 7 heteroatoms. The van der Waals surface area contributed by atoms with Gasteiger partial charge < -0.3 is 5.32 Å². The van der Waals surface area contributed by atoms with E-state index >= 15 is 0 Å². The summed E-state index contributed by atoms with van der Waals surface area (Å²) in [4.78, 5) is 21.9. The van der Waals surface area contributed by atoms with Gasteiger partial charge in [-0.25, -0.2) is 0 Å². The molecule has 106 valence electrons. The highest BCUT2D eigenvalue weighted by molar-refractivity contribution is 7.99. The Kier molecular flexibility index (Phi) is 6.53. The predicted octanol–water partition coefficient (Wildman–Crippen LogP) is 2.88. The van der Waals surface area contributed by atoms with Crippen molar-refractivity contribution in [2.75, 3.05) is 16.8 Å². The van der Waals surface area contributed by atoms with Crippen LogP contribution in [0.2, 0.25) is 0 Å². The number of aryl methyl sites for hydroxylation is 1. The number of nitriles is 1. The molecular formula is C13H15N3O3S. The third kappa shape index (κ3) is 5.28. The van der Waals surface area contributed by atoms with Gasteiger partial charge >= 0.3 is 0 Å². The van der Waals surface area contributed by atoms with E-state index in [9.17, 15) is 14.9 Å². The Morgan fingerprint density at radius 1 is 1.55 bits per heavy atom. The van der Waals surface area contributed by atoms with Crippen LogP contribution < -0.4 is 5.32 Å². The molecule has 20 heavy (non-hydrogen) atoms. The molecule has 0 aliphatic rings. The smallest absolute Gasteiger partial charge is 0.271 e. The van der Waals surface area contributed by atoms with E-state index in [-0.39, 0.29) is 17.3 Å². The molecule has 0 spiro atoms. The molecule has 0 aliphatic heterocycles. The molecule has 6 nitrogen and oxygen atoms in total. The molecular weight excluding hydrogens is 278 g/mol. The quantitative estimate of drug-likeness (QED) is 0.473. The summed E-state index contributed by atoms with van der Waals surface area (Å²) in [6.07, 6.45) is 1.24. The number of nitrogens with zero attached hydrogens (tertiary/aromatic N) is 2. The van der Waals surface area contributed by atoms with Gasteiger partial charge in [0.15, 0.2) is 0 Å². The number of non-ortho nitro benzene ring substituents is 1. The van der Waals surface area contributed by atoms with Gasteiger partial charge in [-0.05, 0) is 24.7 Å². The van der Waals surface area contributed by atoms with Crippen molar-refractivity contribution in [1.29, 1.82) is 5.26 Å². The van der Waals surface area contributed by atoms with Gasteiger partial charge in [-0.15, -0.1) is 0 Å². The summed E-state index contributed by atoms with van der Waals surface area (Å²) in [5.74, 6) is 0.818. The molecule has 0 saturated heterocycles. The molecule has 0 heterocycles. The third-order valence-corrected chi connectivity index (χ3v) is 3.56. The summed E-state index contributed by atoms with van der Waals surface area (Å²) in [5, 5.41) is 21.7. The summed E-state index contributed by atoms with van der Waals surface area (Å²) in [6.45, 7) is 1.78. The Hall–Kier alpha value is -2.07. The number of carbonyl (C=O) groups is 1. The monoisotopic (exact) mass is 293 g/mol. The molecule has 1 rings (SSSR count). The van der Waals surface area contributed by atoms with E-state index in [2.05, 4.69) is 5.32 Å². The number of carbonyl (C=O) groups excluding carboxylic acids is 1. The lowest BCUT2D eigenvalue weighted by Gasteiger charge is -2.08. The van der Waals surface area contributed by atoms with Gasteiger partial charge in [-0.2, -0.15) is 17.0 Å². The lowest BCUT2D eigenvalue weighted by molar-refractivity contribution is -0.384. The zero-order valence-corrected chi connectivity index (χ0v) is 11.9. The fourth-order valence-electron chi connectivity index (χ4n) is 1.46. The molecule has 0 unspecified atom stereocenters. The number of unbranched alkanes of at least 4 members (excludes halogenated alkanes) is 1. The number of rotatable bonds is 7. The Morgan fingerprint density at radius 3 is 2.95 bits per heavy atom. The van der Waals surface area contributed by atoms with E-state index in [0.717, 1.165) is 17.7 Å². The molecule has 0 saturated carbocycles. The third-order valence-electron chi connectivity index (χ3n) is 2.52. The average molecular weight is 293 g/mol. The van der Waals surface area contributed by atoms with Crippen molar-refractivity contribution in [2.24, 2.45) is 0 Å². The highest BCUT2D eigenvalue weighted by Gasteiger charge is 2.10. The number of anilines is 1. The molecule has 0 aliphatic carbocycles. The van der Waals surface area contributed by atoms with Gasteiger partial charge in [0.05, 0.1) is 22.4 Å². The summed E-state index contributed by atoms with van der Waals surface area (Å²) < 4.78 is 0. The van der Waals surface area contributed by atoms with Crippen molar-refractivity contribution in [3.63, 3.8) is 0 Å². The number of nitro groups is 1. The normalized spacial score (nSPS) is 9.80. The fourth-order valence-corrected chi connectivity index (χ4v) is 2.21. The number of hydrogen-bond donors (Lipinski definition) is 1. The molecule has 0 aromatic heterocycles. The van der Waals surface area contributed by atoms with Crippen LogP contribution in [0, 0.1) is 28.4 Å². The van der Waals surface area contributed by atoms with Crippen molar-refractivity contribution < 1.29 is 9.72 Å². The van der Waals surface area contributed by atoms with Crippen LogP contribution in [0.4, 0.5) is 11.4 Å². The van der Waals surface area contributed by atoms with Crippen molar-refractivity contribution in [3.8, 4) is 6.07 Å². The number of nitro benzene ring substituents is 1. The summed E-state index contributed by atoms with van der Waals surface area (Å²) in [6, 6.07) is 6.41. The Labute approximate surface area is 121 Å². The van der Waals surface area contributed by atoms with Crippen LogP contribution in [0.25, 0.3) is 0 Å². The van der Waals surface area contributed by atoms with E-state index in [4.69, 9.17) is 5.26 Å². The zero-order valence-electron chi connectivity index (χ0n) is 11.1. The van der Waals surface area contributed by atoms with Gasteiger partial charge in [0.25, 0.3) is 5.69 Å². The van der Waals surface area contributed by atoms with Crippen LogP contribution in [0.1, 0.15) is 18.4 Å². The number of amides is 1. The van der Waals surface area contributed by atoms with Crippen LogP contribution in [-0.4, -0.2) is 22.3 Å². The first-order valence-electron chi connectivity index (χ1n) is 6.04. The predicted molar refractivity (Wildman–Crippen MR) is 78.6 cm³/mol. The first-order chi connectivity index (χ1) is 9.54. The van der Waals surface area contributed by atoms with Crippen LogP contribution >= 0.6 is 11.8 Å². The molecule has 0 atom stereocenters. The second kappa shape index (κ2) is 8.17. The largest absolute Gasteiger partial charge is 0.325 e. The Balaban J connectivity index is 2.51. The zero-order chi connectivity index (χ0) is 15.0. The second-order valence-electron chi connectivity index (χ2n) is 4.12. The molecule has 0 radical (unpaired) electrons. The number of benzene rings is 1. The lowest BCUT2D eigenvalue weighted by atomic mass is 10.2. The minimum Gasteiger partial charge on any atom is -0.325 e. The maximum Gasteiger partial charge on any atom is 0.271 e. The van der Waals surface area contributed by atoms with Crippen LogP contribution in [-0.2, 0) is 4.79 Å². The van der Waals surface area contributed by atoms with E-state index in [1.54, 1.807) is 13.0 Å². The standard InChI is InChI=1S/C13H15N3O3S/c1-10-4-5-11(16(18)19)8-12(10)15-13(17)9-20-7-3-2-6-14/h4-5,8H,2-3,7,9H2,1H3,(H,15,17). The summed E-state index contributed by atoms with van der Waals surface area (Å²) >= 11 is 1.44. The SMILES string of the molecule is Cc1ccc([N+](=O)[O-])cc1NC(=O)CSCCCC#N. The van der Waals surface area contributed by atoms with E-state index in [1.807, 2.05) is 6.07 Å². The molecule has 1 amide bonds. The van der Waals surface area contributed by atoms with Gasteiger partial charge in [-0.1, -0.05) is 6.07 Å². The maximum atomic E-state index is 11.7. The van der Waals surface area contributed by atoms with E-state index in [1.165, 1.54) is 23.9 Å². The van der Waals surface area contributed by atoms with E-state index < -0.39 is 4.92 Å². The molecule has 0 bridgehead atoms. The summed E-state index contributed by atoms with van der Waals surface area (Å²) in [5.41, 5.74) is 1.19. The number of hydrogen-bond acceptors (Lipinski definition) is 5. The maximum absolute atomic E-state index is 11.7. The van der Waals surface area contributed by atoms with Crippen LogP contribution in [0.15, 0.2) is 18.2 Å². The summed E-state index contributed by atoms with van der Waals surface area (Å²) in [7, 11) is 0. The lowest BCUT2D eigenvalue weighted by Crippen LogP contribution is -2.15. The van der Waals surface area contributed by atoms with E-state index in [0.29, 0.717) is 12.1 Å². The number of nitrogens with one attached hydrogen (secondary N) is 1. The van der Waals surface area contributed by atoms with Crippen molar-refractivity contribution in [1.82, 2.24) is 0 Å². The van der Waals surface area contributed by atoms with Crippen molar-refractivity contribution in [3.05, 3.63) is 33.9 Å². The van der Waals surface area contributed by atoms with Crippen molar-refractivity contribution >= 4 is 29.0 Å². The van der Waals surface area contributed by atoms with Crippen molar-refractivity contribution in [2.45, 2.75) is 19.8 Å². The van der Waals surface area contributed by atoms with Gasteiger partial charge in [0, 0.05) is 18.6 Å². The van der Waals surface area contributed by atoms with Crippen LogP contribution in [0.3, 0.4) is 0 Å². The highest BCUT2D eigenvalue weighted by atomic mass is 32.2. The fraction of sp³-hybridized carbons (Fsp3) is 0.385. The first kappa shape index (κ1) is 16.0. The van der Waals surface area contributed by atoms with Gasteiger partial charge in [-0.3, -0.25) is 14.9 Å². The minimum atomic E-state index is -0.494. The molecule has 1 aromatic rings. The molecule has 1 aromatic carbocycles. The average Bonchev–Trinajstić information content (AvgIpc) is 2.40. The topological polar surface area (TPSA) is 96.0 Å². The van der Waals surface area contributed by atoms with Gasteiger partial charge in [0.1, 0.15) is 0 Å².